The number of hydrogen-bond acceptors (Lipinski definition) is 3. The summed E-state index contributed by atoms with van der Waals surface area (Å²) in [5.41, 5.74) is 8.00. The van der Waals surface area contributed by atoms with Crippen LogP contribution < -0.4 is 5.73 Å². The Hall–Kier alpha value is -2.33. The van der Waals surface area contributed by atoms with Crippen molar-refractivity contribution in [3.63, 3.8) is 0 Å². The molecule has 1 amide bonds. The van der Waals surface area contributed by atoms with Crippen molar-refractivity contribution in [2.24, 2.45) is 5.73 Å². The van der Waals surface area contributed by atoms with Crippen LogP contribution in [0.3, 0.4) is 0 Å². The fraction of sp³-hybridized carbons (Fsp3) is 0.235. The van der Waals surface area contributed by atoms with Crippen LogP contribution in [0.4, 0.5) is 0 Å². The van der Waals surface area contributed by atoms with Crippen LogP contribution in [-0.2, 0) is 17.8 Å². The van der Waals surface area contributed by atoms with E-state index in [0.717, 1.165) is 11.1 Å². The smallest absolute Gasteiger partial charge is 0.239 e. The first-order valence-electron chi connectivity index (χ1n) is 6.88. The first-order valence-corrected chi connectivity index (χ1v) is 6.88. The zero-order valence-electron chi connectivity index (χ0n) is 12.1. The van der Waals surface area contributed by atoms with E-state index in [0.29, 0.717) is 13.0 Å². The van der Waals surface area contributed by atoms with Crippen LogP contribution in [0, 0.1) is 0 Å². The molecule has 0 saturated carbocycles. The molecule has 0 unspecified atom stereocenters. The molecule has 1 atom stereocenters. The molecule has 0 aliphatic heterocycles. The Morgan fingerprint density at radius 1 is 1.10 bits per heavy atom. The van der Waals surface area contributed by atoms with E-state index in [-0.39, 0.29) is 11.7 Å². The zero-order chi connectivity index (χ0) is 15.2. The Bertz CT molecular complexity index is 581. The monoisotopic (exact) mass is 284 g/mol. The number of amides is 1. The third-order valence-corrected chi connectivity index (χ3v) is 3.35. The summed E-state index contributed by atoms with van der Waals surface area (Å²) in [6.07, 6.45) is 0.527. The van der Waals surface area contributed by atoms with Gasteiger partial charge in [0.25, 0.3) is 0 Å². The molecule has 2 rings (SSSR count). The normalized spacial score (nSPS) is 11.9. The second-order valence-electron chi connectivity index (χ2n) is 5.16. The Balaban J connectivity index is 1.93. The van der Waals surface area contributed by atoms with E-state index < -0.39 is 6.04 Å². The quantitative estimate of drug-likeness (QED) is 0.881. The van der Waals surface area contributed by atoms with Gasteiger partial charge >= 0.3 is 0 Å². The van der Waals surface area contributed by atoms with E-state index >= 15 is 0 Å². The highest BCUT2D eigenvalue weighted by Crippen LogP contribution is 2.12. The van der Waals surface area contributed by atoms with Gasteiger partial charge in [0.1, 0.15) is 5.75 Å². The highest BCUT2D eigenvalue weighted by atomic mass is 16.3. The third kappa shape index (κ3) is 4.33. The summed E-state index contributed by atoms with van der Waals surface area (Å²) in [4.78, 5) is 13.9. The Morgan fingerprint density at radius 2 is 1.71 bits per heavy atom. The minimum Gasteiger partial charge on any atom is -0.508 e. The molecular weight excluding hydrogens is 264 g/mol. The lowest BCUT2D eigenvalue weighted by molar-refractivity contribution is -0.131. The van der Waals surface area contributed by atoms with Crippen molar-refractivity contribution in [3.05, 3.63) is 65.7 Å². The molecular formula is C17H20N2O2. The molecule has 0 radical (unpaired) electrons. The van der Waals surface area contributed by atoms with Crippen LogP contribution in [0.15, 0.2) is 54.6 Å². The predicted molar refractivity (Wildman–Crippen MR) is 82.7 cm³/mol. The second-order valence-corrected chi connectivity index (χ2v) is 5.16. The number of carbonyl (C=O) groups is 1. The van der Waals surface area contributed by atoms with E-state index in [4.69, 9.17) is 5.73 Å². The highest BCUT2D eigenvalue weighted by Gasteiger charge is 2.18. The van der Waals surface area contributed by atoms with Gasteiger partial charge in [0.15, 0.2) is 0 Å². The SMILES string of the molecule is CN(Cc1ccc(O)cc1)C(=O)[C@@H](N)Cc1ccccc1. The highest BCUT2D eigenvalue weighted by molar-refractivity contribution is 5.81. The van der Waals surface area contributed by atoms with E-state index in [9.17, 15) is 9.90 Å². The average Bonchev–Trinajstić information content (AvgIpc) is 2.49. The maximum atomic E-state index is 12.3. The van der Waals surface area contributed by atoms with Crippen molar-refractivity contribution in [3.8, 4) is 5.75 Å². The van der Waals surface area contributed by atoms with E-state index in [1.165, 1.54) is 0 Å². The van der Waals surface area contributed by atoms with Crippen LogP contribution >= 0.6 is 0 Å². The summed E-state index contributed by atoms with van der Waals surface area (Å²) in [5.74, 6) is 0.125. The van der Waals surface area contributed by atoms with Gasteiger partial charge < -0.3 is 15.7 Å². The maximum absolute atomic E-state index is 12.3. The standard InChI is InChI=1S/C17H20N2O2/c1-19(12-14-7-9-15(20)10-8-14)17(21)16(18)11-13-5-3-2-4-6-13/h2-10,16,20H,11-12,18H2,1H3/t16-/m0/s1. The number of carbonyl (C=O) groups excluding carboxylic acids is 1. The summed E-state index contributed by atoms with van der Waals surface area (Å²) in [6.45, 7) is 0.474. The largest absolute Gasteiger partial charge is 0.508 e. The minimum absolute atomic E-state index is 0.0908. The number of phenolic OH excluding ortho intramolecular Hbond substituents is 1. The first kappa shape index (κ1) is 15.1. The molecule has 2 aromatic carbocycles. The summed E-state index contributed by atoms with van der Waals surface area (Å²) in [6, 6.07) is 16.0. The van der Waals surface area contributed by atoms with E-state index in [1.807, 2.05) is 30.3 Å². The number of rotatable bonds is 5. The third-order valence-electron chi connectivity index (χ3n) is 3.35. The molecule has 0 saturated heterocycles. The summed E-state index contributed by atoms with van der Waals surface area (Å²) < 4.78 is 0. The molecule has 0 fully saturated rings. The lowest BCUT2D eigenvalue weighted by Crippen LogP contribution is -2.42. The van der Waals surface area contributed by atoms with Gasteiger partial charge in [0, 0.05) is 13.6 Å². The van der Waals surface area contributed by atoms with E-state index in [1.54, 1.807) is 36.2 Å². The lowest BCUT2D eigenvalue weighted by atomic mass is 10.1. The molecule has 4 nitrogen and oxygen atoms in total. The summed E-state index contributed by atoms with van der Waals surface area (Å²) in [5, 5.41) is 9.25. The van der Waals surface area contributed by atoms with Gasteiger partial charge in [-0.05, 0) is 29.7 Å². The summed E-state index contributed by atoms with van der Waals surface area (Å²) in [7, 11) is 1.74. The van der Waals surface area contributed by atoms with Crippen LogP contribution in [0.5, 0.6) is 5.75 Å². The van der Waals surface area contributed by atoms with Crippen LogP contribution in [0.2, 0.25) is 0 Å². The molecule has 2 aromatic rings. The number of benzene rings is 2. The first-order chi connectivity index (χ1) is 10.1. The molecule has 21 heavy (non-hydrogen) atoms. The van der Waals surface area contributed by atoms with Crippen molar-refractivity contribution >= 4 is 5.91 Å². The van der Waals surface area contributed by atoms with Gasteiger partial charge in [-0.1, -0.05) is 42.5 Å². The fourth-order valence-electron chi connectivity index (χ4n) is 2.19. The molecule has 0 aromatic heterocycles. The molecule has 3 N–H and O–H groups in total. The molecule has 110 valence electrons. The van der Waals surface area contributed by atoms with Gasteiger partial charge in [-0.2, -0.15) is 0 Å². The topological polar surface area (TPSA) is 66.6 Å². The molecule has 0 spiro atoms. The molecule has 0 heterocycles. The number of aromatic hydroxyl groups is 1. The Morgan fingerprint density at radius 3 is 2.33 bits per heavy atom. The number of likely N-dealkylation sites (N-methyl/N-ethyl adjacent to an activating group) is 1. The van der Waals surface area contributed by atoms with Gasteiger partial charge in [-0.3, -0.25) is 4.79 Å². The van der Waals surface area contributed by atoms with Crippen LogP contribution in [-0.4, -0.2) is 29.0 Å². The second kappa shape index (κ2) is 6.90. The molecule has 0 aliphatic rings. The van der Waals surface area contributed by atoms with Crippen molar-refractivity contribution in [1.29, 1.82) is 0 Å². The van der Waals surface area contributed by atoms with Gasteiger partial charge in [0.2, 0.25) is 5.91 Å². The van der Waals surface area contributed by atoms with Crippen molar-refractivity contribution in [2.45, 2.75) is 19.0 Å². The van der Waals surface area contributed by atoms with Gasteiger partial charge in [-0.15, -0.1) is 0 Å². The van der Waals surface area contributed by atoms with Crippen molar-refractivity contribution in [1.82, 2.24) is 4.90 Å². The number of hydrogen-bond donors (Lipinski definition) is 2. The predicted octanol–water partition coefficient (Wildman–Crippen LogP) is 1.92. The Kier molecular flexibility index (Phi) is 4.95. The Labute approximate surface area is 124 Å². The van der Waals surface area contributed by atoms with Crippen molar-refractivity contribution < 1.29 is 9.90 Å². The molecule has 0 bridgehead atoms. The zero-order valence-corrected chi connectivity index (χ0v) is 12.1. The van der Waals surface area contributed by atoms with Crippen LogP contribution in [0.1, 0.15) is 11.1 Å². The van der Waals surface area contributed by atoms with Crippen LogP contribution in [0.25, 0.3) is 0 Å². The summed E-state index contributed by atoms with van der Waals surface area (Å²) >= 11 is 0. The number of phenols is 1. The molecule has 0 aliphatic carbocycles. The van der Waals surface area contributed by atoms with Gasteiger partial charge in [-0.25, -0.2) is 0 Å². The number of nitrogens with zero attached hydrogens (tertiary/aromatic N) is 1. The minimum atomic E-state index is -0.547. The maximum Gasteiger partial charge on any atom is 0.239 e. The van der Waals surface area contributed by atoms with Gasteiger partial charge in [0.05, 0.1) is 6.04 Å². The van der Waals surface area contributed by atoms with Crippen molar-refractivity contribution in [2.75, 3.05) is 7.05 Å². The number of nitrogens with two attached hydrogens (primary N) is 1. The average molecular weight is 284 g/mol. The van der Waals surface area contributed by atoms with E-state index in [2.05, 4.69) is 0 Å². The lowest BCUT2D eigenvalue weighted by Gasteiger charge is -2.21. The fourth-order valence-corrected chi connectivity index (χ4v) is 2.19. The molecule has 4 heteroatoms.